The second kappa shape index (κ2) is 35.4. The number of aliphatic hydroxyl groups excluding tert-OH is 3. The Morgan fingerprint density at radius 1 is 0.603 bits per heavy atom. The molecule has 1 saturated heterocycles. The van der Waals surface area contributed by atoms with E-state index in [-0.39, 0.29) is 19.4 Å². The summed E-state index contributed by atoms with van der Waals surface area (Å²) in [5, 5.41) is 30.8. The molecular weight excluding hydrogens is 765 g/mol. The molecule has 1 fully saturated rings. The van der Waals surface area contributed by atoms with Gasteiger partial charge in [0.2, 0.25) is 0 Å². The van der Waals surface area contributed by atoms with Gasteiger partial charge in [-0.05, 0) is 70.6 Å². The van der Waals surface area contributed by atoms with Gasteiger partial charge in [-0.1, -0.05) is 133 Å². The lowest BCUT2D eigenvalue weighted by Crippen LogP contribution is -2.60. The zero-order valence-electron chi connectivity index (χ0n) is 35.6. The van der Waals surface area contributed by atoms with Crippen molar-refractivity contribution in [2.75, 3.05) is 19.0 Å². The van der Waals surface area contributed by atoms with Gasteiger partial charge in [-0.2, -0.15) is 8.42 Å². The molecule has 0 aromatic rings. The Bertz CT molecular complexity index is 1260. The summed E-state index contributed by atoms with van der Waals surface area (Å²) in [7, 11) is -4.61. The first kappa shape index (κ1) is 53.6. The van der Waals surface area contributed by atoms with Crippen LogP contribution in [0, 0.1) is 0 Å². The van der Waals surface area contributed by atoms with E-state index in [4.69, 9.17) is 18.9 Å². The van der Waals surface area contributed by atoms with Crippen molar-refractivity contribution < 1.29 is 56.8 Å². The van der Waals surface area contributed by atoms with Crippen molar-refractivity contribution in [3.05, 3.63) is 48.6 Å². The molecule has 1 aliphatic rings. The van der Waals surface area contributed by atoms with E-state index in [0.717, 1.165) is 70.6 Å². The molecule has 0 saturated carbocycles. The predicted molar refractivity (Wildman–Crippen MR) is 229 cm³/mol. The average Bonchev–Trinajstić information content (AvgIpc) is 3.18. The fourth-order valence-electron chi connectivity index (χ4n) is 6.45. The van der Waals surface area contributed by atoms with Crippen molar-refractivity contribution in [1.82, 2.24) is 0 Å². The number of esters is 2. The van der Waals surface area contributed by atoms with E-state index in [2.05, 4.69) is 62.5 Å². The van der Waals surface area contributed by atoms with Gasteiger partial charge in [0.1, 0.15) is 36.8 Å². The summed E-state index contributed by atoms with van der Waals surface area (Å²) in [6, 6.07) is 0. The molecule has 0 aromatic carbocycles. The molecular formula is C45H78O12S. The van der Waals surface area contributed by atoms with Crippen LogP contribution in [0.15, 0.2) is 48.6 Å². The van der Waals surface area contributed by atoms with E-state index in [1.807, 2.05) is 0 Å². The Kier molecular flexibility index (Phi) is 32.7. The van der Waals surface area contributed by atoms with Gasteiger partial charge in [-0.15, -0.1) is 0 Å². The number of ether oxygens (including phenoxy) is 4. The number of carbonyl (C=O) groups excluding carboxylic acids is 2. The summed E-state index contributed by atoms with van der Waals surface area (Å²) in [6.45, 7) is 3.61. The highest BCUT2D eigenvalue weighted by atomic mass is 32.2. The Hall–Kier alpha value is -2.39. The van der Waals surface area contributed by atoms with E-state index >= 15 is 0 Å². The third kappa shape index (κ3) is 29.8. The van der Waals surface area contributed by atoms with Crippen LogP contribution in [0.3, 0.4) is 0 Å². The van der Waals surface area contributed by atoms with Crippen LogP contribution < -0.4 is 0 Å². The SMILES string of the molecule is CC/C=C/C/C=C/C/C=C/CCCCCCCC(=O)OC[C@H](CO[C@H]1O[C@H](CS(=O)(=O)O)[C@@H](O)C(O)C1O)OC(=O)CCCC/C=C/CCCCCCCCCCC. The first-order chi connectivity index (χ1) is 28.0. The number of hydrogen-bond donors (Lipinski definition) is 4. The van der Waals surface area contributed by atoms with Crippen molar-refractivity contribution in [2.45, 2.75) is 205 Å². The van der Waals surface area contributed by atoms with Gasteiger partial charge < -0.3 is 34.3 Å². The summed E-state index contributed by atoms with van der Waals surface area (Å²) in [5.41, 5.74) is 0. The van der Waals surface area contributed by atoms with E-state index in [1.165, 1.54) is 57.8 Å². The van der Waals surface area contributed by atoms with Gasteiger partial charge in [0.05, 0.1) is 6.61 Å². The standard InChI is InChI=1S/C45H78O12S/c1-3-5-7-9-11-13-15-17-19-21-23-25-27-29-31-33-40(46)54-35-38(36-55-45-44(50)43(49)42(48)39(57-45)37-58(51,52)53)56-41(47)34-32-30-28-26-24-22-20-18-16-14-12-10-8-6-4-2/h5,7,11,13,17,19,24,26,38-39,42-45,48-50H,3-4,6,8-10,12,14-16,18,20-23,25,27-37H2,1-2H3,(H,51,52,53)/b7-5+,13-11+,19-17+,26-24+/t38-,39-,42-,43?,44?,45+/m1/s1. The van der Waals surface area contributed by atoms with Crippen LogP contribution >= 0.6 is 0 Å². The number of hydrogen-bond acceptors (Lipinski definition) is 11. The van der Waals surface area contributed by atoms with E-state index in [9.17, 15) is 37.9 Å². The second-order valence-electron chi connectivity index (χ2n) is 15.3. The molecule has 12 nitrogen and oxygen atoms in total. The van der Waals surface area contributed by atoms with Crippen molar-refractivity contribution >= 4 is 22.1 Å². The van der Waals surface area contributed by atoms with Gasteiger partial charge in [-0.3, -0.25) is 14.1 Å². The van der Waals surface area contributed by atoms with Crippen molar-refractivity contribution in [3.63, 3.8) is 0 Å². The highest BCUT2D eigenvalue weighted by molar-refractivity contribution is 7.85. The molecule has 1 aliphatic heterocycles. The van der Waals surface area contributed by atoms with Crippen LogP contribution in [0.5, 0.6) is 0 Å². The summed E-state index contributed by atoms with van der Waals surface area (Å²) < 4.78 is 54.0. The molecule has 0 aromatic heterocycles. The van der Waals surface area contributed by atoms with Crippen LogP contribution in [0.2, 0.25) is 0 Å². The number of aliphatic hydroxyl groups is 3. The average molecular weight is 843 g/mol. The first-order valence-electron chi connectivity index (χ1n) is 22.2. The van der Waals surface area contributed by atoms with Crippen LogP contribution in [0.25, 0.3) is 0 Å². The number of carbonyl (C=O) groups is 2. The lowest BCUT2D eigenvalue weighted by molar-refractivity contribution is -0.297. The van der Waals surface area contributed by atoms with Gasteiger partial charge in [0.15, 0.2) is 12.4 Å². The molecule has 0 radical (unpaired) electrons. The molecule has 2 unspecified atom stereocenters. The monoisotopic (exact) mass is 843 g/mol. The molecule has 0 bridgehead atoms. The minimum Gasteiger partial charge on any atom is -0.462 e. The Labute approximate surface area is 350 Å². The van der Waals surface area contributed by atoms with Crippen LogP contribution in [-0.2, 0) is 38.7 Å². The van der Waals surface area contributed by atoms with Gasteiger partial charge >= 0.3 is 11.9 Å². The minimum absolute atomic E-state index is 0.129. The summed E-state index contributed by atoms with van der Waals surface area (Å²) >= 11 is 0. The zero-order chi connectivity index (χ0) is 42.7. The largest absolute Gasteiger partial charge is 0.462 e. The van der Waals surface area contributed by atoms with E-state index in [1.54, 1.807) is 0 Å². The highest BCUT2D eigenvalue weighted by Crippen LogP contribution is 2.24. The Morgan fingerprint density at radius 3 is 1.67 bits per heavy atom. The van der Waals surface area contributed by atoms with Crippen LogP contribution in [-0.4, -0.2) is 96.0 Å². The van der Waals surface area contributed by atoms with Crippen molar-refractivity contribution in [3.8, 4) is 0 Å². The summed E-state index contributed by atoms with van der Waals surface area (Å²) in [6.07, 6.45) is 31.6. The van der Waals surface area contributed by atoms with Gasteiger partial charge in [0, 0.05) is 12.8 Å². The lowest BCUT2D eigenvalue weighted by Gasteiger charge is -2.40. The third-order valence-electron chi connectivity index (χ3n) is 9.89. The number of unbranched alkanes of at least 4 members (excludes halogenated alkanes) is 16. The highest BCUT2D eigenvalue weighted by Gasteiger charge is 2.46. The lowest BCUT2D eigenvalue weighted by atomic mass is 10.00. The minimum atomic E-state index is -4.61. The topological polar surface area (TPSA) is 186 Å². The smallest absolute Gasteiger partial charge is 0.306 e. The fourth-order valence-corrected chi connectivity index (χ4v) is 7.14. The number of rotatable bonds is 36. The molecule has 0 aliphatic carbocycles. The molecule has 0 spiro atoms. The van der Waals surface area contributed by atoms with Gasteiger partial charge in [0.25, 0.3) is 10.1 Å². The maximum absolute atomic E-state index is 12.8. The maximum atomic E-state index is 12.8. The molecule has 6 atom stereocenters. The molecule has 58 heavy (non-hydrogen) atoms. The molecule has 1 rings (SSSR count). The maximum Gasteiger partial charge on any atom is 0.306 e. The molecule has 4 N–H and O–H groups in total. The second-order valence-corrected chi connectivity index (χ2v) is 16.8. The molecule has 0 amide bonds. The fraction of sp³-hybridized carbons (Fsp3) is 0.778. The van der Waals surface area contributed by atoms with Crippen molar-refractivity contribution in [1.29, 1.82) is 0 Å². The predicted octanol–water partition coefficient (Wildman–Crippen LogP) is 8.78. The van der Waals surface area contributed by atoms with E-state index < -0.39 is 71.2 Å². The van der Waals surface area contributed by atoms with E-state index in [0.29, 0.717) is 12.8 Å². The summed E-state index contributed by atoms with van der Waals surface area (Å²) in [4.78, 5) is 25.4. The summed E-state index contributed by atoms with van der Waals surface area (Å²) in [5.74, 6) is -2.04. The third-order valence-corrected chi connectivity index (χ3v) is 10.6. The molecule has 336 valence electrons. The first-order valence-corrected chi connectivity index (χ1v) is 23.8. The normalized spacial score (nSPS) is 20.8. The van der Waals surface area contributed by atoms with Gasteiger partial charge in [-0.25, -0.2) is 0 Å². The quantitative estimate of drug-likeness (QED) is 0.0204. The number of allylic oxidation sites excluding steroid dienone is 8. The molecule has 1 heterocycles. The van der Waals surface area contributed by atoms with Crippen LogP contribution in [0.1, 0.15) is 168 Å². The van der Waals surface area contributed by atoms with Crippen molar-refractivity contribution in [2.24, 2.45) is 0 Å². The zero-order valence-corrected chi connectivity index (χ0v) is 36.5. The Balaban J connectivity index is 2.49. The van der Waals surface area contributed by atoms with Crippen LogP contribution in [0.4, 0.5) is 0 Å². The Morgan fingerprint density at radius 2 is 1.09 bits per heavy atom. The molecule has 13 heteroatoms.